The van der Waals surface area contributed by atoms with E-state index in [0.717, 1.165) is 37.3 Å². The van der Waals surface area contributed by atoms with E-state index >= 15 is 0 Å². The second kappa shape index (κ2) is 10.4. The first kappa shape index (κ1) is 23.9. The molecule has 2 saturated heterocycles. The van der Waals surface area contributed by atoms with Crippen LogP contribution >= 0.6 is 0 Å². The van der Waals surface area contributed by atoms with Crippen LogP contribution in [0.3, 0.4) is 0 Å². The summed E-state index contributed by atoms with van der Waals surface area (Å²) in [7, 11) is 0. The number of aryl methyl sites for hydroxylation is 1. The number of carbonyl (C=O) groups excluding carboxylic acids is 2. The summed E-state index contributed by atoms with van der Waals surface area (Å²) in [6.07, 6.45) is 4.13. The van der Waals surface area contributed by atoms with Crippen LogP contribution in [0.1, 0.15) is 46.7 Å². The molecule has 0 spiro atoms. The Morgan fingerprint density at radius 3 is 2.47 bits per heavy atom. The molecule has 36 heavy (non-hydrogen) atoms. The van der Waals surface area contributed by atoms with E-state index in [1.807, 2.05) is 24.3 Å². The Labute approximate surface area is 210 Å². The van der Waals surface area contributed by atoms with Crippen molar-refractivity contribution >= 4 is 23.3 Å². The predicted octanol–water partition coefficient (Wildman–Crippen LogP) is 4.41. The molecule has 2 aliphatic rings. The van der Waals surface area contributed by atoms with Crippen molar-refractivity contribution in [2.24, 2.45) is 5.92 Å². The summed E-state index contributed by atoms with van der Waals surface area (Å²) < 4.78 is 13.9. The van der Waals surface area contributed by atoms with E-state index in [0.29, 0.717) is 36.7 Å². The highest BCUT2D eigenvalue weighted by atomic mass is 19.1. The number of likely N-dealkylation sites (tertiary alicyclic amines) is 1. The van der Waals surface area contributed by atoms with Gasteiger partial charge in [0.1, 0.15) is 5.82 Å². The maximum absolute atomic E-state index is 13.9. The summed E-state index contributed by atoms with van der Waals surface area (Å²) in [5, 5.41) is 11.1. The van der Waals surface area contributed by atoms with Crippen molar-refractivity contribution in [3.8, 4) is 0 Å². The van der Waals surface area contributed by atoms with Crippen LogP contribution in [0.4, 0.5) is 15.9 Å². The van der Waals surface area contributed by atoms with Crippen LogP contribution in [0.5, 0.6) is 0 Å². The fraction of sp³-hybridized carbons (Fsp3) is 0.357. The normalized spacial score (nSPS) is 18.3. The fourth-order valence-corrected chi connectivity index (χ4v) is 5.05. The van der Waals surface area contributed by atoms with Crippen molar-refractivity contribution in [3.63, 3.8) is 0 Å². The molecule has 0 radical (unpaired) electrons. The molecule has 7 nitrogen and oxygen atoms in total. The van der Waals surface area contributed by atoms with Crippen molar-refractivity contribution in [1.82, 2.24) is 15.1 Å². The number of anilines is 2. The number of nitrogens with zero attached hydrogens (tertiary/aromatic N) is 4. The van der Waals surface area contributed by atoms with E-state index in [2.05, 4.69) is 32.5 Å². The van der Waals surface area contributed by atoms with Crippen LogP contribution in [0.2, 0.25) is 0 Å². The molecule has 3 heterocycles. The minimum absolute atomic E-state index is 0.0218. The standard InChI is InChI=1S/C28H30FN5O2/c1-19-4-5-22(17-25(19)29)28(36)33-14-10-21(11-15-33)20-6-8-24(9-7-20)31-27(35)23-12-16-34(18-23)26-3-2-13-30-32-26/h2-9,13,17,21,23H,10-12,14-16,18H2,1H3,(H,31,35). The second-order valence-corrected chi connectivity index (χ2v) is 9.66. The molecule has 5 rings (SSSR count). The number of hydrogen-bond donors (Lipinski definition) is 1. The molecule has 3 aromatic rings. The Hall–Kier alpha value is -3.81. The largest absolute Gasteiger partial charge is 0.354 e. The first-order valence-corrected chi connectivity index (χ1v) is 12.5. The number of rotatable bonds is 5. The van der Waals surface area contributed by atoms with E-state index in [4.69, 9.17) is 0 Å². The molecule has 8 heteroatoms. The van der Waals surface area contributed by atoms with Crippen molar-refractivity contribution in [2.75, 3.05) is 36.4 Å². The van der Waals surface area contributed by atoms with E-state index in [9.17, 15) is 14.0 Å². The smallest absolute Gasteiger partial charge is 0.253 e. The Bertz CT molecular complexity index is 1230. The van der Waals surface area contributed by atoms with Gasteiger partial charge in [0.25, 0.3) is 5.91 Å². The Morgan fingerprint density at radius 2 is 1.78 bits per heavy atom. The second-order valence-electron chi connectivity index (χ2n) is 9.66. The van der Waals surface area contributed by atoms with Gasteiger partial charge in [0.05, 0.1) is 5.92 Å². The van der Waals surface area contributed by atoms with Gasteiger partial charge in [-0.2, -0.15) is 5.10 Å². The molecule has 0 aliphatic carbocycles. The number of carbonyl (C=O) groups is 2. The first-order valence-electron chi connectivity index (χ1n) is 12.5. The quantitative estimate of drug-likeness (QED) is 0.577. The lowest BCUT2D eigenvalue weighted by atomic mass is 9.89. The number of benzene rings is 2. The van der Waals surface area contributed by atoms with Crippen LogP contribution in [0.15, 0.2) is 60.8 Å². The van der Waals surface area contributed by atoms with E-state index in [-0.39, 0.29) is 23.5 Å². The SMILES string of the molecule is Cc1ccc(C(=O)N2CCC(c3ccc(NC(=O)C4CCN(c5cccnn5)C4)cc3)CC2)cc1F. The molecule has 2 aromatic carbocycles. The average Bonchev–Trinajstić information content (AvgIpc) is 3.42. The lowest BCUT2D eigenvalue weighted by Crippen LogP contribution is -2.38. The maximum Gasteiger partial charge on any atom is 0.253 e. The number of nitrogens with one attached hydrogen (secondary N) is 1. The van der Waals surface area contributed by atoms with Crippen LogP contribution in [0.25, 0.3) is 0 Å². The van der Waals surface area contributed by atoms with Crippen LogP contribution < -0.4 is 10.2 Å². The maximum atomic E-state index is 13.9. The highest BCUT2D eigenvalue weighted by Crippen LogP contribution is 2.30. The summed E-state index contributed by atoms with van der Waals surface area (Å²) >= 11 is 0. The van der Waals surface area contributed by atoms with Crippen LogP contribution in [-0.2, 0) is 4.79 Å². The van der Waals surface area contributed by atoms with Gasteiger partial charge >= 0.3 is 0 Å². The Balaban J connectivity index is 1.12. The third-order valence-corrected chi connectivity index (χ3v) is 7.29. The number of piperidine rings is 1. The van der Waals surface area contributed by atoms with E-state index in [1.165, 1.54) is 11.6 Å². The number of aromatic nitrogens is 2. The Morgan fingerprint density at radius 1 is 1.00 bits per heavy atom. The predicted molar refractivity (Wildman–Crippen MR) is 136 cm³/mol. The minimum Gasteiger partial charge on any atom is -0.354 e. The molecule has 2 amide bonds. The Kier molecular flexibility index (Phi) is 6.93. The van der Waals surface area contributed by atoms with Crippen molar-refractivity contribution in [1.29, 1.82) is 0 Å². The van der Waals surface area contributed by atoms with Crippen LogP contribution in [0, 0.1) is 18.7 Å². The van der Waals surface area contributed by atoms with Crippen molar-refractivity contribution in [3.05, 3.63) is 83.3 Å². The van der Waals surface area contributed by atoms with E-state index in [1.54, 1.807) is 30.2 Å². The molecule has 0 bridgehead atoms. The number of halogens is 1. The van der Waals surface area contributed by atoms with E-state index < -0.39 is 0 Å². The third kappa shape index (κ3) is 5.22. The number of hydrogen-bond acceptors (Lipinski definition) is 5. The van der Waals surface area contributed by atoms with Gasteiger partial charge in [-0.05, 0) is 79.6 Å². The van der Waals surface area contributed by atoms with Gasteiger partial charge in [-0.1, -0.05) is 18.2 Å². The molecule has 1 N–H and O–H groups in total. The first-order chi connectivity index (χ1) is 17.5. The fourth-order valence-electron chi connectivity index (χ4n) is 5.05. The number of amides is 2. The zero-order valence-corrected chi connectivity index (χ0v) is 20.4. The topological polar surface area (TPSA) is 78.4 Å². The summed E-state index contributed by atoms with van der Waals surface area (Å²) in [6, 6.07) is 16.5. The molecule has 2 aliphatic heterocycles. The lowest BCUT2D eigenvalue weighted by molar-refractivity contribution is -0.119. The van der Waals surface area contributed by atoms with Gasteiger partial charge in [0.2, 0.25) is 5.91 Å². The zero-order chi connectivity index (χ0) is 25.1. The molecular formula is C28H30FN5O2. The molecular weight excluding hydrogens is 457 g/mol. The van der Waals surface area contributed by atoms with Gasteiger partial charge < -0.3 is 15.1 Å². The third-order valence-electron chi connectivity index (χ3n) is 7.29. The monoisotopic (exact) mass is 487 g/mol. The molecule has 1 atom stereocenters. The lowest BCUT2D eigenvalue weighted by Gasteiger charge is -2.32. The van der Waals surface area contributed by atoms with Crippen LogP contribution in [-0.4, -0.2) is 53.1 Å². The summed E-state index contributed by atoms with van der Waals surface area (Å²) in [5.41, 5.74) is 2.93. The summed E-state index contributed by atoms with van der Waals surface area (Å²) in [4.78, 5) is 29.5. The molecule has 0 saturated carbocycles. The van der Waals surface area contributed by atoms with Gasteiger partial charge in [-0.3, -0.25) is 9.59 Å². The summed E-state index contributed by atoms with van der Waals surface area (Å²) in [5.74, 6) is 0.623. The summed E-state index contributed by atoms with van der Waals surface area (Å²) in [6.45, 7) is 4.39. The molecule has 186 valence electrons. The van der Waals surface area contributed by atoms with Crippen molar-refractivity contribution < 1.29 is 14.0 Å². The highest BCUT2D eigenvalue weighted by Gasteiger charge is 2.29. The molecule has 1 unspecified atom stereocenters. The van der Waals surface area contributed by atoms with Gasteiger partial charge in [0, 0.05) is 43.6 Å². The van der Waals surface area contributed by atoms with Gasteiger partial charge in [-0.25, -0.2) is 4.39 Å². The highest BCUT2D eigenvalue weighted by molar-refractivity contribution is 5.94. The average molecular weight is 488 g/mol. The minimum atomic E-state index is -0.348. The molecule has 2 fully saturated rings. The van der Waals surface area contributed by atoms with Gasteiger partial charge in [0.15, 0.2) is 5.82 Å². The van der Waals surface area contributed by atoms with Crippen molar-refractivity contribution in [2.45, 2.75) is 32.1 Å². The molecule has 1 aromatic heterocycles. The zero-order valence-electron chi connectivity index (χ0n) is 20.4. The van der Waals surface area contributed by atoms with Gasteiger partial charge in [-0.15, -0.1) is 5.10 Å².